The van der Waals surface area contributed by atoms with Crippen molar-refractivity contribution in [3.05, 3.63) is 22.8 Å². The summed E-state index contributed by atoms with van der Waals surface area (Å²) in [5.74, 6) is -3.62. The minimum absolute atomic E-state index is 0.187. The number of benzene rings is 1. The molecule has 3 N–H and O–H groups in total. The van der Waals surface area contributed by atoms with Crippen LogP contribution in [0.15, 0.2) is 6.07 Å². The molecule has 0 radical (unpaired) electrons. The molecule has 0 bridgehead atoms. The second-order valence-electron chi connectivity index (χ2n) is 5.11. The number of rotatable bonds is 8. The van der Waals surface area contributed by atoms with Crippen molar-refractivity contribution >= 4 is 11.9 Å². The van der Waals surface area contributed by atoms with Gasteiger partial charge < -0.3 is 20.1 Å². The number of aryl methyl sites for hydroxylation is 1. The second kappa shape index (κ2) is 8.26. The normalized spacial score (nSPS) is 10.5. The first-order valence-electron chi connectivity index (χ1n) is 7.33. The lowest BCUT2D eigenvalue weighted by atomic mass is 9.96. The Labute approximate surface area is 129 Å². The maximum atomic E-state index is 11.8. The molecule has 1 aromatic rings. The zero-order valence-corrected chi connectivity index (χ0v) is 12.9. The average molecular weight is 310 g/mol. The molecule has 0 fully saturated rings. The van der Waals surface area contributed by atoms with Gasteiger partial charge in [-0.3, -0.25) is 0 Å². The summed E-state index contributed by atoms with van der Waals surface area (Å²) in [6, 6.07) is 1.22. The number of aromatic carboxylic acids is 1. The lowest BCUT2D eigenvalue weighted by molar-refractivity contribution is 0.0596. The van der Waals surface area contributed by atoms with Gasteiger partial charge in [0, 0.05) is 0 Å². The first kappa shape index (κ1) is 17.8. The Balaban J connectivity index is 3.09. The van der Waals surface area contributed by atoms with Gasteiger partial charge >= 0.3 is 11.9 Å². The van der Waals surface area contributed by atoms with Crippen molar-refractivity contribution in [2.24, 2.45) is 0 Å². The number of unbranched alkanes of at least 4 members (excludes halogenated alkanes) is 4. The van der Waals surface area contributed by atoms with Gasteiger partial charge in [0.25, 0.3) is 0 Å². The number of phenols is 2. The predicted molar refractivity (Wildman–Crippen MR) is 80.5 cm³/mol. The van der Waals surface area contributed by atoms with Crippen molar-refractivity contribution < 1.29 is 29.6 Å². The van der Waals surface area contributed by atoms with E-state index in [0.29, 0.717) is 12.0 Å². The molecule has 0 saturated heterocycles. The van der Waals surface area contributed by atoms with Crippen LogP contribution in [0, 0.1) is 0 Å². The third-order valence-electron chi connectivity index (χ3n) is 3.51. The lowest BCUT2D eigenvalue weighted by Gasteiger charge is -2.13. The number of carbonyl (C=O) groups is 2. The Morgan fingerprint density at radius 1 is 1.09 bits per heavy atom. The first-order chi connectivity index (χ1) is 10.4. The largest absolute Gasteiger partial charge is 0.507 e. The van der Waals surface area contributed by atoms with Crippen LogP contribution in [0.25, 0.3) is 0 Å². The lowest BCUT2D eigenvalue weighted by Crippen LogP contribution is -2.10. The number of carboxylic acids is 1. The zero-order chi connectivity index (χ0) is 16.7. The smallest absolute Gasteiger partial charge is 0.343 e. The van der Waals surface area contributed by atoms with E-state index in [1.54, 1.807) is 0 Å². The standard InChI is InChI=1S/C16H22O6/c1-3-4-5-6-7-8-10-9-11(17)13(15(19)20)14(18)12(10)16(21)22-2/h9,17-18H,3-8H2,1-2H3,(H,19,20). The van der Waals surface area contributed by atoms with Crippen molar-refractivity contribution in [3.63, 3.8) is 0 Å². The highest BCUT2D eigenvalue weighted by Gasteiger charge is 2.26. The highest BCUT2D eigenvalue weighted by molar-refractivity contribution is 6.02. The van der Waals surface area contributed by atoms with Gasteiger partial charge in [0.15, 0.2) is 0 Å². The molecule has 6 nitrogen and oxygen atoms in total. The molecule has 22 heavy (non-hydrogen) atoms. The summed E-state index contributed by atoms with van der Waals surface area (Å²) in [7, 11) is 1.15. The number of hydrogen-bond donors (Lipinski definition) is 3. The number of hydrogen-bond acceptors (Lipinski definition) is 5. The molecule has 0 spiro atoms. The molecule has 0 heterocycles. The van der Waals surface area contributed by atoms with E-state index in [2.05, 4.69) is 11.7 Å². The summed E-state index contributed by atoms with van der Waals surface area (Å²) in [6.07, 6.45) is 5.48. The van der Waals surface area contributed by atoms with E-state index in [1.165, 1.54) is 6.07 Å². The molecule has 0 saturated carbocycles. The van der Waals surface area contributed by atoms with E-state index >= 15 is 0 Å². The first-order valence-corrected chi connectivity index (χ1v) is 7.33. The number of esters is 1. The summed E-state index contributed by atoms with van der Waals surface area (Å²) in [6.45, 7) is 2.11. The van der Waals surface area contributed by atoms with Crippen LogP contribution in [0.3, 0.4) is 0 Å². The van der Waals surface area contributed by atoms with Gasteiger partial charge in [-0.15, -0.1) is 0 Å². The van der Waals surface area contributed by atoms with Crippen LogP contribution in [-0.4, -0.2) is 34.4 Å². The minimum atomic E-state index is -1.50. The van der Waals surface area contributed by atoms with Crippen molar-refractivity contribution in [2.45, 2.75) is 45.4 Å². The van der Waals surface area contributed by atoms with Crippen LogP contribution < -0.4 is 0 Å². The van der Waals surface area contributed by atoms with E-state index in [1.807, 2.05) is 0 Å². The van der Waals surface area contributed by atoms with Gasteiger partial charge in [-0.2, -0.15) is 0 Å². The van der Waals surface area contributed by atoms with E-state index in [0.717, 1.165) is 39.2 Å². The van der Waals surface area contributed by atoms with E-state index in [4.69, 9.17) is 5.11 Å². The number of carbonyl (C=O) groups excluding carboxylic acids is 1. The molecular weight excluding hydrogens is 288 g/mol. The molecule has 0 atom stereocenters. The van der Waals surface area contributed by atoms with Gasteiger partial charge in [0.05, 0.1) is 7.11 Å². The summed E-state index contributed by atoms with van der Waals surface area (Å²) < 4.78 is 4.60. The zero-order valence-electron chi connectivity index (χ0n) is 12.9. The molecular formula is C16H22O6. The monoisotopic (exact) mass is 310 g/mol. The highest BCUT2D eigenvalue weighted by atomic mass is 16.5. The molecule has 122 valence electrons. The van der Waals surface area contributed by atoms with E-state index in [9.17, 15) is 19.8 Å². The molecule has 0 aromatic heterocycles. The van der Waals surface area contributed by atoms with Crippen LogP contribution in [0.2, 0.25) is 0 Å². The predicted octanol–water partition coefficient (Wildman–Crippen LogP) is 3.10. The Bertz CT molecular complexity index is 550. The highest BCUT2D eigenvalue weighted by Crippen LogP contribution is 2.35. The van der Waals surface area contributed by atoms with Gasteiger partial charge in [-0.25, -0.2) is 9.59 Å². The fourth-order valence-corrected chi connectivity index (χ4v) is 2.36. The molecule has 6 heteroatoms. The van der Waals surface area contributed by atoms with Crippen molar-refractivity contribution in [1.29, 1.82) is 0 Å². The maximum absolute atomic E-state index is 11.8. The average Bonchev–Trinajstić information content (AvgIpc) is 2.45. The van der Waals surface area contributed by atoms with Gasteiger partial charge in [0.1, 0.15) is 22.6 Å². The van der Waals surface area contributed by atoms with E-state index < -0.39 is 29.0 Å². The van der Waals surface area contributed by atoms with Crippen molar-refractivity contribution in [1.82, 2.24) is 0 Å². The van der Waals surface area contributed by atoms with Crippen molar-refractivity contribution in [2.75, 3.05) is 7.11 Å². The summed E-state index contributed by atoms with van der Waals surface area (Å²) >= 11 is 0. The molecule has 0 unspecified atom stereocenters. The minimum Gasteiger partial charge on any atom is -0.507 e. The molecule has 0 amide bonds. The third kappa shape index (κ3) is 4.13. The molecule has 0 aliphatic rings. The number of ether oxygens (including phenoxy) is 1. The molecule has 0 aliphatic carbocycles. The Morgan fingerprint density at radius 3 is 2.27 bits per heavy atom. The third-order valence-corrected chi connectivity index (χ3v) is 3.51. The summed E-state index contributed by atoms with van der Waals surface area (Å²) in [4.78, 5) is 22.9. The van der Waals surface area contributed by atoms with Crippen LogP contribution in [0.1, 0.15) is 65.3 Å². The summed E-state index contributed by atoms with van der Waals surface area (Å²) in [5.41, 5.74) is -0.480. The fourth-order valence-electron chi connectivity index (χ4n) is 2.36. The molecule has 1 aromatic carbocycles. The molecule has 1 rings (SSSR count). The second-order valence-corrected chi connectivity index (χ2v) is 5.11. The van der Waals surface area contributed by atoms with Crippen molar-refractivity contribution in [3.8, 4) is 11.5 Å². The number of methoxy groups -OCH3 is 1. The maximum Gasteiger partial charge on any atom is 0.343 e. The van der Waals surface area contributed by atoms with Crippen LogP contribution in [0.4, 0.5) is 0 Å². The van der Waals surface area contributed by atoms with Gasteiger partial charge in [-0.05, 0) is 24.5 Å². The van der Waals surface area contributed by atoms with Crippen LogP contribution >= 0.6 is 0 Å². The summed E-state index contributed by atoms with van der Waals surface area (Å²) in [5, 5.41) is 28.8. The number of carboxylic acid groups (broad SMARTS) is 1. The topological polar surface area (TPSA) is 104 Å². The van der Waals surface area contributed by atoms with Gasteiger partial charge in [-0.1, -0.05) is 32.6 Å². The van der Waals surface area contributed by atoms with Crippen LogP contribution in [-0.2, 0) is 11.2 Å². The van der Waals surface area contributed by atoms with Gasteiger partial charge in [0.2, 0.25) is 0 Å². The fraction of sp³-hybridized carbons (Fsp3) is 0.500. The Hall–Kier alpha value is -2.24. The Morgan fingerprint density at radius 2 is 1.73 bits per heavy atom. The van der Waals surface area contributed by atoms with Crippen LogP contribution in [0.5, 0.6) is 11.5 Å². The molecule has 0 aliphatic heterocycles. The SMILES string of the molecule is CCCCCCCc1cc(O)c(C(=O)O)c(O)c1C(=O)OC. The quantitative estimate of drug-likeness (QED) is 0.503. The number of aromatic hydroxyl groups is 2. The Kier molecular flexibility index (Phi) is 6.69. The van der Waals surface area contributed by atoms with E-state index in [-0.39, 0.29) is 5.56 Å².